The first kappa shape index (κ1) is 22.4. The molecule has 4 aromatic rings. The summed E-state index contributed by atoms with van der Waals surface area (Å²) in [6.07, 6.45) is 1.96. The minimum atomic E-state index is -0.516. The molecule has 1 aromatic heterocycles. The van der Waals surface area contributed by atoms with Crippen molar-refractivity contribution < 1.29 is 23.4 Å². The van der Waals surface area contributed by atoms with Crippen LogP contribution in [0.2, 0.25) is 0 Å². The Hall–Kier alpha value is -3.80. The fourth-order valence-corrected chi connectivity index (χ4v) is 3.71. The number of esters is 1. The lowest BCUT2D eigenvalue weighted by atomic mass is 10.0. The average Bonchev–Trinajstić information content (AvgIpc) is 2.83. The summed E-state index contributed by atoms with van der Waals surface area (Å²) < 4.78 is 22.4. The van der Waals surface area contributed by atoms with E-state index in [9.17, 15) is 9.59 Å². The second-order valence-electron chi connectivity index (χ2n) is 7.62. The van der Waals surface area contributed by atoms with Crippen LogP contribution in [0.15, 0.2) is 69.9 Å². The summed E-state index contributed by atoms with van der Waals surface area (Å²) in [4.78, 5) is 24.9. The molecule has 0 bridgehead atoms. The quantitative estimate of drug-likeness (QED) is 0.138. The van der Waals surface area contributed by atoms with Gasteiger partial charge in [-0.25, -0.2) is 9.59 Å². The Morgan fingerprint density at radius 2 is 1.79 bits per heavy atom. The molecule has 6 heteroatoms. The van der Waals surface area contributed by atoms with Gasteiger partial charge in [0.25, 0.3) is 0 Å². The fourth-order valence-electron chi connectivity index (χ4n) is 3.71. The lowest BCUT2D eigenvalue weighted by Gasteiger charge is -2.13. The number of unbranched alkanes of at least 4 members (excludes halogenated alkanes) is 1. The van der Waals surface area contributed by atoms with Crippen LogP contribution in [0.25, 0.3) is 21.7 Å². The predicted octanol–water partition coefficient (Wildman–Crippen LogP) is 5.88. The fraction of sp³-hybridized carbons (Fsp3) is 0.259. The SMILES string of the molecule is CCCCOc1ccc(C(=O)OCc2cc(=O)oc3ccc4ccccc4c23)cc1OCC. The molecule has 0 aliphatic heterocycles. The summed E-state index contributed by atoms with van der Waals surface area (Å²) in [5.74, 6) is 0.581. The van der Waals surface area contributed by atoms with Crippen LogP contribution >= 0.6 is 0 Å². The Morgan fingerprint density at radius 3 is 2.61 bits per heavy atom. The van der Waals surface area contributed by atoms with Crippen molar-refractivity contribution in [1.29, 1.82) is 0 Å². The molecule has 170 valence electrons. The zero-order chi connectivity index (χ0) is 23.2. The van der Waals surface area contributed by atoms with E-state index in [4.69, 9.17) is 18.6 Å². The largest absolute Gasteiger partial charge is 0.490 e. The molecule has 0 fully saturated rings. The molecule has 0 spiro atoms. The number of hydrogen-bond donors (Lipinski definition) is 0. The van der Waals surface area contributed by atoms with Crippen LogP contribution in [0.1, 0.15) is 42.6 Å². The third-order valence-electron chi connectivity index (χ3n) is 5.31. The molecular formula is C27H26O6. The van der Waals surface area contributed by atoms with E-state index in [0.717, 1.165) is 29.0 Å². The topological polar surface area (TPSA) is 75.0 Å². The molecule has 0 aliphatic carbocycles. The van der Waals surface area contributed by atoms with Crippen LogP contribution in [0.5, 0.6) is 11.5 Å². The number of ether oxygens (including phenoxy) is 3. The summed E-state index contributed by atoms with van der Waals surface area (Å²) in [5.41, 5.74) is 0.907. The molecular weight excluding hydrogens is 420 g/mol. The van der Waals surface area contributed by atoms with Crippen LogP contribution in [0, 0.1) is 0 Å². The van der Waals surface area contributed by atoms with Crippen molar-refractivity contribution >= 4 is 27.7 Å². The Bertz CT molecular complexity index is 1340. The molecule has 0 N–H and O–H groups in total. The molecule has 33 heavy (non-hydrogen) atoms. The second kappa shape index (κ2) is 10.2. The van der Waals surface area contributed by atoms with Gasteiger partial charge in [-0.2, -0.15) is 0 Å². The minimum absolute atomic E-state index is 0.0618. The maximum Gasteiger partial charge on any atom is 0.338 e. The molecule has 0 aliphatic rings. The van der Waals surface area contributed by atoms with Crippen molar-refractivity contribution in [3.8, 4) is 11.5 Å². The van der Waals surface area contributed by atoms with Crippen LogP contribution in [-0.2, 0) is 11.3 Å². The standard InChI is InChI=1S/C27H26O6/c1-3-5-14-31-22-12-11-19(15-24(22)30-4-2)27(29)32-17-20-16-25(28)33-23-13-10-18-8-6-7-9-21(18)26(20)23/h6-13,15-16H,3-5,14,17H2,1-2H3. The second-order valence-corrected chi connectivity index (χ2v) is 7.62. The van der Waals surface area contributed by atoms with Gasteiger partial charge < -0.3 is 18.6 Å². The maximum atomic E-state index is 12.8. The normalized spacial score (nSPS) is 11.0. The van der Waals surface area contributed by atoms with Crippen molar-refractivity contribution in [3.63, 3.8) is 0 Å². The third-order valence-corrected chi connectivity index (χ3v) is 5.31. The number of hydrogen-bond acceptors (Lipinski definition) is 6. The van der Waals surface area contributed by atoms with Crippen molar-refractivity contribution in [1.82, 2.24) is 0 Å². The van der Waals surface area contributed by atoms with Gasteiger partial charge in [-0.3, -0.25) is 0 Å². The first-order valence-electron chi connectivity index (χ1n) is 11.1. The van der Waals surface area contributed by atoms with Crippen molar-refractivity contribution in [2.24, 2.45) is 0 Å². The highest BCUT2D eigenvalue weighted by Crippen LogP contribution is 2.30. The lowest BCUT2D eigenvalue weighted by Crippen LogP contribution is -2.09. The lowest BCUT2D eigenvalue weighted by molar-refractivity contribution is 0.0473. The maximum absolute atomic E-state index is 12.8. The van der Waals surface area contributed by atoms with Gasteiger partial charge in [0.15, 0.2) is 11.5 Å². The number of fused-ring (bicyclic) bond motifs is 3. The van der Waals surface area contributed by atoms with Gasteiger partial charge in [-0.05, 0) is 48.4 Å². The molecule has 1 heterocycles. The van der Waals surface area contributed by atoms with E-state index in [1.165, 1.54) is 6.07 Å². The van der Waals surface area contributed by atoms with Gasteiger partial charge in [0, 0.05) is 17.0 Å². The number of carbonyl (C=O) groups is 1. The molecule has 0 saturated carbocycles. The molecule has 0 atom stereocenters. The van der Waals surface area contributed by atoms with E-state index in [1.807, 2.05) is 37.3 Å². The zero-order valence-corrected chi connectivity index (χ0v) is 18.8. The number of rotatable bonds is 9. The van der Waals surface area contributed by atoms with Crippen LogP contribution in [-0.4, -0.2) is 19.2 Å². The average molecular weight is 446 g/mol. The molecule has 0 unspecified atom stereocenters. The van der Waals surface area contributed by atoms with E-state index >= 15 is 0 Å². The monoisotopic (exact) mass is 446 g/mol. The first-order valence-corrected chi connectivity index (χ1v) is 11.1. The zero-order valence-electron chi connectivity index (χ0n) is 18.8. The van der Waals surface area contributed by atoms with Gasteiger partial charge in [-0.15, -0.1) is 0 Å². The van der Waals surface area contributed by atoms with Crippen molar-refractivity contribution in [2.45, 2.75) is 33.3 Å². The summed E-state index contributed by atoms with van der Waals surface area (Å²) >= 11 is 0. The molecule has 3 aromatic carbocycles. The summed E-state index contributed by atoms with van der Waals surface area (Å²) in [6, 6.07) is 17.8. The highest BCUT2D eigenvalue weighted by Gasteiger charge is 2.15. The van der Waals surface area contributed by atoms with Crippen LogP contribution in [0.3, 0.4) is 0 Å². The Kier molecular flexibility index (Phi) is 6.93. The Morgan fingerprint density at radius 1 is 0.939 bits per heavy atom. The molecule has 0 saturated heterocycles. The predicted molar refractivity (Wildman–Crippen MR) is 127 cm³/mol. The summed E-state index contributed by atoms with van der Waals surface area (Å²) in [6.45, 7) is 4.93. The summed E-state index contributed by atoms with van der Waals surface area (Å²) in [7, 11) is 0. The van der Waals surface area contributed by atoms with Crippen LogP contribution in [0.4, 0.5) is 0 Å². The van der Waals surface area contributed by atoms with Gasteiger partial charge in [-0.1, -0.05) is 43.7 Å². The third kappa shape index (κ3) is 5.00. The van der Waals surface area contributed by atoms with E-state index in [2.05, 4.69) is 6.92 Å². The highest BCUT2D eigenvalue weighted by atomic mass is 16.5. The number of carbonyl (C=O) groups excluding carboxylic acids is 1. The molecule has 6 nitrogen and oxygen atoms in total. The van der Waals surface area contributed by atoms with E-state index in [1.54, 1.807) is 24.3 Å². The van der Waals surface area contributed by atoms with E-state index in [0.29, 0.717) is 41.4 Å². The van der Waals surface area contributed by atoms with Crippen molar-refractivity contribution in [3.05, 3.63) is 82.2 Å². The van der Waals surface area contributed by atoms with Gasteiger partial charge in [0.2, 0.25) is 0 Å². The van der Waals surface area contributed by atoms with Crippen LogP contribution < -0.4 is 15.1 Å². The minimum Gasteiger partial charge on any atom is -0.490 e. The van der Waals surface area contributed by atoms with Crippen molar-refractivity contribution in [2.75, 3.05) is 13.2 Å². The number of benzene rings is 3. The highest BCUT2D eigenvalue weighted by molar-refractivity contribution is 6.07. The Labute approximate surface area is 191 Å². The molecule has 4 rings (SSSR count). The Balaban J connectivity index is 1.59. The smallest absolute Gasteiger partial charge is 0.338 e. The molecule has 0 radical (unpaired) electrons. The van der Waals surface area contributed by atoms with Gasteiger partial charge in [0.05, 0.1) is 18.8 Å². The summed E-state index contributed by atoms with van der Waals surface area (Å²) in [5, 5.41) is 2.69. The first-order chi connectivity index (χ1) is 16.1. The van der Waals surface area contributed by atoms with E-state index < -0.39 is 11.6 Å². The molecule has 0 amide bonds. The van der Waals surface area contributed by atoms with Gasteiger partial charge >= 0.3 is 11.6 Å². The van der Waals surface area contributed by atoms with Gasteiger partial charge in [0.1, 0.15) is 12.2 Å². The van der Waals surface area contributed by atoms with E-state index in [-0.39, 0.29) is 6.61 Å².